The molecule has 0 saturated heterocycles. The lowest BCUT2D eigenvalue weighted by atomic mass is 9.93. The Morgan fingerprint density at radius 2 is 1.56 bits per heavy atom. The zero-order valence-corrected chi connectivity index (χ0v) is 20.8. The van der Waals surface area contributed by atoms with Gasteiger partial charge in [-0.1, -0.05) is 60.7 Å². The lowest BCUT2D eigenvalue weighted by molar-refractivity contribution is -0.139. The first kappa shape index (κ1) is 27.8. The van der Waals surface area contributed by atoms with E-state index in [1.165, 1.54) is 6.07 Å². The first-order chi connectivity index (χ1) is 17.2. The highest BCUT2D eigenvalue weighted by Gasteiger charge is 2.35. The zero-order valence-electron chi connectivity index (χ0n) is 19.8. The van der Waals surface area contributed by atoms with Crippen LogP contribution < -0.4 is 10.5 Å². The maximum Gasteiger partial charge on any atom is 0.494 e. The number of aryl methyl sites for hydroxylation is 2. The van der Waals surface area contributed by atoms with E-state index < -0.39 is 32.6 Å². The van der Waals surface area contributed by atoms with Crippen molar-refractivity contribution in [1.82, 2.24) is 0 Å². The normalized spacial score (nSPS) is 13.5. The Bertz CT molecular complexity index is 1110. The summed E-state index contributed by atoms with van der Waals surface area (Å²) < 4.78 is 61.9. The molecule has 5 nitrogen and oxygen atoms in total. The predicted octanol–water partition coefficient (Wildman–Crippen LogP) is 5.96. The van der Waals surface area contributed by atoms with Gasteiger partial charge in [-0.15, -0.1) is 4.52 Å². The van der Waals surface area contributed by atoms with Gasteiger partial charge in [0.15, 0.2) is 0 Å². The van der Waals surface area contributed by atoms with Gasteiger partial charge in [0, 0.05) is 0 Å². The van der Waals surface area contributed by atoms with Gasteiger partial charge in [-0.2, -0.15) is 13.2 Å². The predicted molar refractivity (Wildman–Crippen MR) is 134 cm³/mol. The average molecular weight is 521 g/mol. The van der Waals surface area contributed by atoms with E-state index in [0.29, 0.717) is 18.4 Å². The zero-order chi connectivity index (χ0) is 26.0. The molecule has 0 aliphatic carbocycles. The largest absolute Gasteiger partial charge is 0.494 e. The minimum atomic E-state index is -4.58. The molecule has 0 fully saturated rings. The van der Waals surface area contributed by atoms with Crippen LogP contribution in [0.4, 0.5) is 13.2 Å². The summed E-state index contributed by atoms with van der Waals surface area (Å²) in [5.41, 5.74) is 7.67. The van der Waals surface area contributed by atoms with Gasteiger partial charge in [0.25, 0.3) is 0 Å². The quantitative estimate of drug-likeness (QED) is 0.215. The molecule has 3 aromatic rings. The summed E-state index contributed by atoms with van der Waals surface area (Å²) in [5.74, 6) is -0.220. The van der Waals surface area contributed by atoms with Crippen molar-refractivity contribution >= 4 is 8.69 Å². The SMILES string of the molecule is NC(CO)(CCc1ccc(OCCCc2ccc(-c3ccccc3)cc2)c(C(F)(F)F)c1)CO[PH+]=O. The summed E-state index contributed by atoms with van der Waals surface area (Å²) >= 11 is 0. The highest BCUT2D eigenvalue weighted by atomic mass is 31.1. The van der Waals surface area contributed by atoms with Gasteiger partial charge in [0.05, 0.1) is 24.3 Å². The number of hydrogen-bond acceptors (Lipinski definition) is 5. The van der Waals surface area contributed by atoms with Crippen molar-refractivity contribution in [3.05, 3.63) is 89.5 Å². The van der Waals surface area contributed by atoms with E-state index in [9.17, 15) is 22.8 Å². The van der Waals surface area contributed by atoms with Crippen molar-refractivity contribution in [3.63, 3.8) is 0 Å². The molecule has 9 heteroatoms. The molecule has 2 atom stereocenters. The molecule has 36 heavy (non-hydrogen) atoms. The van der Waals surface area contributed by atoms with Crippen molar-refractivity contribution < 1.29 is 32.1 Å². The van der Waals surface area contributed by atoms with Crippen LogP contribution in [0.5, 0.6) is 5.75 Å². The van der Waals surface area contributed by atoms with Gasteiger partial charge in [0.2, 0.25) is 0 Å². The van der Waals surface area contributed by atoms with E-state index in [1.54, 1.807) is 6.07 Å². The number of rotatable bonds is 13. The number of hydrogen-bond donors (Lipinski definition) is 2. The molecule has 2 unspecified atom stereocenters. The molecule has 192 valence electrons. The topological polar surface area (TPSA) is 81.8 Å². The standard InChI is InChI=1S/C27H30F3NO4P/c28-27(29,30)24-17-21(14-15-26(31,18-32)19-35-36-33)10-13-25(24)34-16-4-5-20-8-11-23(12-9-20)22-6-2-1-3-7-22/h1-3,6-13,17,32,36H,4-5,14-16,18-19,31H2/q+1. The molecule has 0 saturated carbocycles. The van der Waals surface area contributed by atoms with Gasteiger partial charge < -0.3 is 15.6 Å². The molecular weight excluding hydrogens is 490 g/mol. The average Bonchev–Trinajstić information content (AvgIpc) is 2.89. The summed E-state index contributed by atoms with van der Waals surface area (Å²) in [6, 6.07) is 22.0. The second-order valence-electron chi connectivity index (χ2n) is 8.74. The molecule has 0 aliphatic heterocycles. The second kappa shape index (κ2) is 13.0. The summed E-state index contributed by atoms with van der Waals surface area (Å²) in [5, 5.41) is 9.48. The monoisotopic (exact) mass is 520 g/mol. The Morgan fingerprint density at radius 3 is 2.19 bits per heavy atom. The van der Waals surface area contributed by atoms with E-state index in [1.807, 2.05) is 54.6 Å². The van der Waals surface area contributed by atoms with Crippen molar-refractivity contribution in [2.75, 3.05) is 19.8 Å². The molecule has 0 radical (unpaired) electrons. The van der Waals surface area contributed by atoms with Crippen LogP contribution in [0.2, 0.25) is 0 Å². The Kier molecular flexibility index (Phi) is 10.0. The van der Waals surface area contributed by atoms with Crippen molar-refractivity contribution in [2.45, 2.75) is 37.4 Å². The summed E-state index contributed by atoms with van der Waals surface area (Å²) in [6.07, 6.45) is -2.99. The third-order valence-corrected chi connectivity index (χ3v) is 6.18. The van der Waals surface area contributed by atoms with E-state index in [-0.39, 0.29) is 31.8 Å². The highest BCUT2D eigenvalue weighted by molar-refractivity contribution is 7.17. The molecule has 0 heterocycles. The Morgan fingerprint density at radius 1 is 0.889 bits per heavy atom. The molecule has 0 bridgehead atoms. The molecule has 0 spiro atoms. The lowest BCUT2D eigenvalue weighted by Gasteiger charge is -2.24. The molecule has 3 rings (SSSR count). The van der Waals surface area contributed by atoms with Crippen LogP contribution in [0.3, 0.4) is 0 Å². The van der Waals surface area contributed by atoms with Crippen LogP contribution in [0.25, 0.3) is 11.1 Å². The number of halogens is 3. The molecule has 0 aliphatic rings. The van der Waals surface area contributed by atoms with Gasteiger partial charge in [0.1, 0.15) is 12.4 Å². The fraction of sp³-hybridized carbons (Fsp3) is 0.333. The fourth-order valence-electron chi connectivity index (χ4n) is 3.80. The molecular formula is C27H30F3NO4P+. The Hall–Kier alpha value is -2.77. The summed E-state index contributed by atoms with van der Waals surface area (Å²) in [6.45, 7) is -0.458. The van der Waals surface area contributed by atoms with Crippen LogP contribution in [-0.2, 0) is 28.1 Å². The van der Waals surface area contributed by atoms with Gasteiger partial charge >= 0.3 is 14.9 Å². The molecule has 3 N–H and O–H groups in total. The summed E-state index contributed by atoms with van der Waals surface area (Å²) in [7, 11) is -1.03. The molecule has 0 aromatic heterocycles. The van der Waals surface area contributed by atoms with Crippen LogP contribution in [0.1, 0.15) is 29.5 Å². The van der Waals surface area contributed by atoms with Crippen LogP contribution in [-0.4, -0.2) is 30.5 Å². The van der Waals surface area contributed by atoms with Crippen LogP contribution >= 0.6 is 8.69 Å². The van der Waals surface area contributed by atoms with Crippen molar-refractivity contribution in [2.24, 2.45) is 5.73 Å². The fourth-order valence-corrected chi connectivity index (χ4v) is 4.14. The molecule has 3 aromatic carbocycles. The van der Waals surface area contributed by atoms with Crippen molar-refractivity contribution in [1.29, 1.82) is 0 Å². The first-order valence-electron chi connectivity index (χ1n) is 11.6. The van der Waals surface area contributed by atoms with Gasteiger partial charge in [-0.05, 0) is 64.6 Å². The lowest BCUT2D eigenvalue weighted by Crippen LogP contribution is -2.47. The van der Waals surface area contributed by atoms with Crippen molar-refractivity contribution in [3.8, 4) is 16.9 Å². The van der Waals surface area contributed by atoms with E-state index in [2.05, 4.69) is 0 Å². The van der Waals surface area contributed by atoms with Crippen LogP contribution in [0, 0.1) is 0 Å². The summed E-state index contributed by atoms with van der Waals surface area (Å²) in [4.78, 5) is 0. The second-order valence-corrected chi connectivity index (χ2v) is 9.19. The number of benzene rings is 3. The number of aliphatic hydroxyl groups excluding tert-OH is 1. The minimum absolute atomic E-state index is 0.145. The number of ether oxygens (including phenoxy) is 1. The smallest absolute Gasteiger partial charge is 0.493 e. The third kappa shape index (κ3) is 8.14. The van der Waals surface area contributed by atoms with E-state index in [0.717, 1.165) is 22.8 Å². The van der Waals surface area contributed by atoms with Crippen LogP contribution in [0.15, 0.2) is 72.8 Å². The number of aliphatic hydroxyl groups is 1. The van der Waals surface area contributed by atoms with E-state index in [4.69, 9.17) is 15.0 Å². The number of alkyl halides is 3. The number of nitrogens with two attached hydrogens (primary N) is 1. The Labute approximate surface area is 210 Å². The van der Waals surface area contributed by atoms with Gasteiger partial charge in [-0.25, -0.2) is 0 Å². The maximum absolute atomic E-state index is 13.7. The highest BCUT2D eigenvalue weighted by Crippen LogP contribution is 2.37. The molecule has 0 amide bonds. The first-order valence-corrected chi connectivity index (χ1v) is 12.4. The maximum atomic E-state index is 13.7. The minimum Gasteiger partial charge on any atom is -0.493 e. The third-order valence-electron chi connectivity index (χ3n) is 5.92. The van der Waals surface area contributed by atoms with E-state index >= 15 is 0 Å². The Balaban J connectivity index is 1.57. The van der Waals surface area contributed by atoms with Gasteiger partial charge in [-0.3, -0.25) is 0 Å².